The molecular formula is C73H124O5. The van der Waals surface area contributed by atoms with Crippen LogP contribution >= 0.6 is 0 Å². The van der Waals surface area contributed by atoms with Gasteiger partial charge in [0.15, 0.2) is 6.10 Å². The van der Waals surface area contributed by atoms with Crippen molar-refractivity contribution in [3.05, 3.63) is 122 Å². The van der Waals surface area contributed by atoms with Gasteiger partial charge in [0.05, 0.1) is 6.61 Å². The van der Waals surface area contributed by atoms with E-state index in [2.05, 4.69) is 135 Å². The second-order valence-electron chi connectivity index (χ2n) is 21.8. The smallest absolute Gasteiger partial charge is 0.306 e. The van der Waals surface area contributed by atoms with Crippen molar-refractivity contribution in [1.82, 2.24) is 0 Å². The molecule has 0 aliphatic heterocycles. The normalized spacial score (nSPS) is 13.0. The molecule has 446 valence electrons. The van der Waals surface area contributed by atoms with Crippen molar-refractivity contribution >= 4 is 11.9 Å². The molecule has 0 spiro atoms. The Hall–Kier alpha value is -3.70. The Balaban J connectivity index is 3.54. The fraction of sp³-hybridized carbons (Fsp3) is 0.699. The van der Waals surface area contributed by atoms with Gasteiger partial charge in [-0.05, 0) is 103 Å². The molecule has 0 aromatic rings. The zero-order valence-corrected chi connectivity index (χ0v) is 51.1. The first-order valence-electron chi connectivity index (χ1n) is 33.1. The van der Waals surface area contributed by atoms with Crippen LogP contribution in [0.25, 0.3) is 0 Å². The van der Waals surface area contributed by atoms with Gasteiger partial charge in [0.1, 0.15) is 6.61 Å². The van der Waals surface area contributed by atoms with E-state index in [9.17, 15) is 14.7 Å². The highest BCUT2D eigenvalue weighted by atomic mass is 16.6. The first kappa shape index (κ1) is 74.3. The van der Waals surface area contributed by atoms with Gasteiger partial charge in [0.2, 0.25) is 0 Å². The number of unbranched alkanes of at least 4 members (excludes halogenated alkanes) is 32. The monoisotopic (exact) mass is 1080 g/mol. The van der Waals surface area contributed by atoms with Crippen molar-refractivity contribution in [1.29, 1.82) is 0 Å². The Morgan fingerprint density at radius 3 is 0.885 bits per heavy atom. The number of aliphatic hydroxyl groups excluding tert-OH is 1. The van der Waals surface area contributed by atoms with Crippen LogP contribution in [-0.2, 0) is 19.1 Å². The maximum absolute atomic E-state index is 12.3. The molecule has 0 bridgehead atoms. The lowest BCUT2D eigenvalue weighted by Crippen LogP contribution is -2.28. The maximum Gasteiger partial charge on any atom is 0.306 e. The number of carbonyl (C=O) groups excluding carboxylic acids is 2. The van der Waals surface area contributed by atoms with Crippen molar-refractivity contribution in [3.8, 4) is 0 Å². The van der Waals surface area contributed by atoms with Gasteiger partial charge in [-0.2, -0.15) is 0 Å². The summed E-state index contributed by atoms with van der Waals surface area (Å²) in [6.45, 7) is 4.00. The van der Waals surface area contributed by atoms with E-state index >= 15 is 0 Å². The lowest BCUT2D eigenvalue weighted by Gasteiger charge is -2.15. The van der Waals surface area contributed by atoms with Crippen LogP contribution < -0.4 is 0 Å². The Kier molecular flexibility index (Phi) is 64.4. The molecule has 0 saturated heterocycles. The van der Waals surface area contributed by atoms with Gasteiger partial charge in [-0.1, -0.05) is 315 Å². The quantitative estimate of drug-likeness (QED) is 0.0373. The van der Waals surface area contributed by atoms with Gasteiger partial charge < -0.3 is 14.6 Å². The van der Waals surface area contributed by atoms with E-state index in [1.807, 2.05) is 0 Å². The zero-order chi connectivity index (χ0) is 56.2. The van der Waals surface area contributed by atoms with Crippen molar-refractivity contribution in [2.24, 2.45) is 0 Å². The molecule has 0 aromatic heterocycles. The Labute approximate surface area is 483 Å². The van der Waals surface area contributed by atoms with Crippen LogP contribution in [0.3, 0.4) is 0 Å². The summed E-state index contributed by atoms with van der Waals surface area (Å²) in [6, 6.07) is 0. The highest BCUT2D eigenvalue weighted by Crippen LogP contribution is 2.17. The molecule has 0 heterocycles. The minimum Gasteiger partial charge on any atom is -0.462 e. The van der Waals surface area contributed by atoms with Gasteiger partial charge in [0.25, 0.3) is 0 Å². The number of rotatable bonds is 60. The molecule has 0 rings (SSSR count). The van der Waals surface area contributed by atoms with Crippen molar-refractivity contribution in [3.63, 3.8) is 0 Å². The van der Waals surface area contributed by atoms with E-state index in [0.717, 1.165) is 83.5 Å². The van der Waals surface area contributed by atoms with Crippen molar-refractivity contribution < 1.29 is 24.2 Å². The fourth-order valence-electron chi connectivity index (χ4n) is 9.32. The van der Waals surface area contributed by atoms with E-state index in [4.69, 9.17) is 9.47 Å². The topological polar surface area (TPSA) is 72.8 Å². The van der Waals surface area contributed by atoms with E-state index in [1.54, 1.807) is 0 Å². The van der Waals surface area contributed by atoms with E-state index < -0.39 is 6.10 Å². The predicted octanol–water partition coefficient (Wildman–Crippen LogP) is 23.0. The maximum atomic E-state index is 12.3. The lowest BCUT2D eigenvalue weighted by atomic mass is 10.0. The molecule has 0 aromatic carbocycles. The Morgan fingerprint density at radius 1 is 0.308 bits per heavy atom. The Bertz CT molecular complexity index is 1550. The molecule has 0 radical (unpaired) electrons. The Morgan fingerprint density at radius 2 is 0.564 bits per heavy atom. The van der Waals surface area contributed by atoms with Crippen LogP contribution in [0.1, 0.15) is 309 Å². The number of hydrogen-bond donors (Lipinski definition) is 1. The number of allylic oxidation sites excluding steroid dienone is 20. The average molecular weight is 1080 g/mol. The third-order valence-electron chi connectivity index (χ3n) is 14.2. The molecule has 78 heavy (non-hydrogen) atoms. The molecule has 0 fully saturated rings. The summed E-state index contributed by atoms with van der Waals surface area (Å²) in [5, 5.41) is 9.67. The molecule has 1 unspecified atom stereocenters. The lowest BCUT2D eigenvalue weighted by molar-refractivity contribution is -0.161. The molecule has 0 amide bonds. The average Bonchev–Trinajstić information content (AvgIpc) is 3.44. The highest BCUT2D eigenvalue weighted by molar-refractivity contribution is 5.70. The van der Waals surface area contributed by atoms with E-state index in [-0.39, 0.29) is 31.6 Å². The number of carbonyl (C=O) groups is 2. The minimum absolute atomic E-state index is 0.0937. The van der Waals surface area contributed by atoms with Gasteiger partial charge >= 0.3 is 11.9 Å². The highest BCUT2D eigenvalue weighted by Gasteiger charge is 2.16. The van der Waals surface area contributed by atoms with Crippen molar-refractivity contribution in [2.45, 2.75) is 315 Å². The second kappa shape index (κ2) is 67.6. The zero-order valence-electron chi connectivity index (χ0n) is 51.1. The second-order valence-corrected chi connectivity index (χ2v) is 21.8. The standard InChI is InChI=1S/C73H124O5/c1-3-5-7-9-11-13-15-17-19-21-23-25-27-29-31-33-34-35-36-37-38-40-41-43-45-47-49-51-53-55-57-59-61-63-65-67-72(75)77-70-71(69-74)78-73(76)68-66-64-62-60-58-56-54-52-50-48-46-44-42-39-32-30-28-26-24-22-20-18-16-14-12-10-8-6-4-2/h6,8,12,14,18,20-21,23-24,26,30,32,42,44,48,50,54,56,60,62,71,74H,3-5,7,9-11,13,15-17,19,22,25,27-29,31,33-41,43,45-47,49,51-53,55,57-59,61,63-70H2,1-2H3/b8-6-,14-12-,20-18-,23-21-,26-24-,32-30-,44-42-,50-48-,56-54-,62-60-. The summed E-state index contributed by atoms with van der Waals surface area (Å²) in [4.78, 5) is 24.6. The number of hydrogen-bond acceptors (Lipinski definition) is 5. The molecular weight excluding hydrogens is 957 g/mol. The van der Waals surface area contributed by atoms with Crippen LogP contribution in [0, 0.1) is 0 Å². The molecule has 1 atom stereocenters. The summed E-state index contributed by atoms with van der Waals surface area (Å²) >= 11 is 0. The number of ether oxygens (including phenoxy) is 2. The van der Waals surface area contributed by atoms with Gasteiger partial charge in [-0.15, -0.1) is 0 Å². The van der Waals surface area contributed by atoms with E-state index in [1.165, 1.54) is 193 Å². The molecule has 5 heteroatoms. The molecule has 0 saturated carbocycles. The van der Waals surface area contributed by atoms with Crippen molar-refractivity contribution in [2.75, 3.05) is 13.2 Å². The van der Waals surface area contributed by atoms with Gasteiger partial charge in [-0.3, -0.25) is 9.59 Å². The number of esters is 2. The first-order valence-corrected chi connectivity index (χ1v) is 33.1. The van der Waals surface area contributed by atoms with Gasteiger partial charge in [0, 0.05) is 12.8 Å². The van der Waals surface area contributed by atoms with E-state index in [0.29, 0.717) is 12.8 Å². The SMILES string of the molecule is CC/C=C\C/C=C\C/C=C\C/C=C\C/C=C\C/C=C\C/C=C\C/C=C\C/C=C\CCCC(=O)OC(CO)COC(=O)CCCCCCCCCCCCCCCCCCCCCCCCC/C=C\CCCCCCCCCC. The summed E-state index contributed by atoms with van der Waals surface area (Å²) in [5.41, 5.74) is 0. The predicted molar refractivity (Wildman–Crippen MR) is 343 cm³/mol. The molecule has 1 N–H and O–H groups in total. The van der Waals surface area contributed by atoms with Crippen LogP contribution in [0.4, 0.5) is 0 Å². The van der Waals surface area contributed by atoms with Crippen LogP contribution in [0.2, 0.25) is 0 Å². The molecule has 5 nitrogen and oxygen atoms in total. The summed E-state index contributed by atoms with van der Waals surface area (Å²) in [6.07, 6.45) is 99.4. The minimum atomic E-state index is -0.812. The van der Waals surface area contributed by atoms with Gasteiger partial charge in [-0.25, -0.2) is 0 Å². The van der Waals surface area contributed by atoms with Crippen LogP contribution in [-0.4, -0.2) is 36.4 Å². The molecule has 0 aliphatic rings. The third-order valence-corrected chi connectivity index (χ3v) is 14.2. The summed E-state index contributed by atoms with van der Waals surface area (Å²) < 4.78 is 10.7. The third kappa shape index (κ3) is 64.8. The van der Waals surface area contributed by atoms with Crippen LogP contribution in [0.5, 0.6) is 0 Å². The number of aliphatic hydroxyl groups is 1. The molecule has 0 aliphatic carbocycles. The summed E-state index contributed by atoms with van der Waals surface area (Å²) in [5.74, 6) is -0.657. The van der Waals surface area contributed by atoms with Crippen LogP contribution in [0.15, 0.2) is 122 Å². The largest absolute Gasteiger partial charge is 0.462 e. The summed E-state index contributed by atoms with van der Waals surface area (Å²) in [7, 11) is 0. The first-order chi connectivity index (χ1) is 38.6. The fourth-order valence-corrected chi connectivity index (χ4v) is 9.32.